The van der Waals surface area contributed by atoms with E-state index in [-0.39, 0.29) is 24.4 Å². The summed E-state index contributed by atoms with van der Waals surface area (Å²) >= 11 is 0. The van der Waals surface area contributed by atoms with E-state index < -0.39 is 0 Å². The SMILES string of the molecule is Cl.Nc1ccc(C(=O)NC2CCCOC2)nc1. The van der Waals surface area contributed by atoms with Crippen LogP contribution in [0.2, 0.25) is 0 Å². The Bertz CT molecular complexity index is 363. The van der Waals surface area contributed by atoms with Crippen LogP contribution in [-0.2, 0) is 4.74 Å². The second-order valence-corrected chi connectivity index (χ2v) is 3.86. The van der Waals surface area contributed by atoms with Gasteiger partial charge in [-0.25, -0.2) is 4.98 Å². The smallest absolute Gasteiger partial charge is 0.270 e. The van der Waals surface area contributed by atoms with Crippen molar-refractivity contribution in [3.05, 3.63) is 24.0 Å². The molecule has 2 rings (SSSR count). The monoisotopic (exact) mass is 257 g/mol. The molecule has 0 spiro atoms. The van der Waals surface area contributed by atoms with Crippen LogP contribution in [-0.4, -0.2) is 30.1 Å². The Morgan fingerprint density at radius 1 is 1.53 bits per heavy atom. The minimum absolute atomic E-state index is 0. The van der Waals surface area contributed by atoms with Gasteiger partial charge in [0.2, 0.25) is 0 Å². The molecule has 1 aliphatic rings. The summed E-state index contributed by atoms with van der Waals surface area (Å²) in [5, 5.41) is 2.89. The van der Waals surface area contributed by atoms with Gasteiger partial charge in [-0.2, -0.15) is 0 Å². The molecule has 5 nitrogen and oxygen atoms in total. The largest absolute Gasteiger partial charge is 0.397 e. The van der Waals surface area contributed by atoms with Gasteiger partial charge in [0, 0.05) is 6.61 Å². The van der Waals surface area contributed by atoms with Crippen molar-refractivity contribution in [2.24, 2.45) is 0 Å². The molecular weight excluding hydrogens is 242 g/mol. The molecule has 1 amide bonds. The predicted octanol–water partition coefficient (Wildman–Crippen LogP) is 0.994. The van der Waals surface area contributed by atoms with Gasteiger partial charge in [-0.1, -0.05) is 0 Å². The van der Waals surface area contributed by atoms with Crippen molar-refractivity contribution in [2.45, 2.75) is 18.9 Å². The topological polar surface area (TPSA) is 77.2 Å². The van der Waals surface area contributed by atoms with Crippen LogP contribution in [0.5, 0.6) is 0 Å². The molecule has 3 N–H and O–H groups in total. The van der Waals surface area contributed by atoms with E-state index in [0.717, 1.165) is 19.4 Å². The van der Waals surface area contributed by atoms with Gasteiger partial charge < -0.3 is 15.8 Å². The Hall–Kier alpha value is -1.33. The number of nitrogen functional groups attached to an aromatic ring is 1. The Balaban J connectivity index is 0.00000144. The fourth-order valence-corrected chi connectivity index (χ4v) is 1.65. The summed E-state index contributed by atoms with van der Waals surface area (Å²) in [4.78, 5) is 15.7. The van der Waals surface area contributed by atoms with Crippen molar-refractivity contribution >= 4 is 24.0 Å². The molecule has 0 bridgehead atoms. The molecule has 0 aliphatic carbocycles. The highest BCUT2D eigenvalue weighted by Gasteiger charge is 2.17. The highest BCUT2D eigenvalue weighted by molar-refractivity contribution is 5.92. The maximum Gasteiger partial charge on any atom is 0.270 e. The molecule has 1 unspecified atom stereocenters. The first kappa shape index (κ1) is 13.7. The number of anilines is 1. The average Bonchev–Trinajstić information content (AvgIpc) is 2.31. The molecule has 1 atom stereocenters. The number of ether oxygens (including phenoxy) is 1. The first-order valence-electron chi connectivity index (χ1n) is 5.36. The zero-order chi connectivity index (χ0) is 11.4. The summed E-state index contributed by atoms with van der Waals surface area (Å²) in [5.74, 6) is -0.171. The van der Waals surface area contributed by atoms with E-state index in [1.807, 2.05) is 0 Å². The van der Waals surface area contributed by atoms with Crippen molar-refractivity contribution in [2.75, 3.05) is 18.9 Å². The van der Waals surface area contributed by atoms with Crippen molar-refractivity contribution in [1.29, 1.82) is 0 Å². The first-order chi connectivity index (χ1) is 7.75. The predicted molar refractivity (Wildman–Crippen MR) is 67.2 cm³/mol. The summed E-state index contributed by atoms with van der Waals surface area (Å²) < 4.78 is 5.28. The van der Waals surface area contributed by atoms with Gasteiger partial charge in [0.05, 0.1) is 24.5 Å². The van der Waals surface area contributed by atoms with Crippen molar-refractivity contribution in [3.8, 4) is 0 Å². The van der Waals surface area contributed by atoms with Gasteiger partial charge in [-0.3, -0.25) is 4.79 Å². The fourth-order valence-electron chi connectivity index (χ4n) is 1.65. The number of nitrogens with two attached hydrogens (primary N) is 1. The Morgan fingerprint density at radius 3 is 2.94 bits per heavy atom. The lowest BCUT2D eigenvalue weighted by atomic mass is 10.1. The normalized spacial score (nSPS) is 19.2. The lowest BCUT2D eigenvalue weighted by Gasteiger charge is -2.22. The van der Waals surface area contributed by atoms with Gasteiger partial charge in [0.1, 0.15) is 5.69 Å². The van der Waals surface area contributed by atoms with E-state index in [1.165, 1.54) is 6.20 Å². The summed E-state index contributed by atoms with van der Waals surface area (Å²) in [7, 11) is 0. The van der Waals surface area contributed by atoms with Crippen LogP contribution in [0.15, 0.2) is 18.3 Å². The lowest BCUT2D eigenvalue weighted by molar-refractivity contribution is 0.0622. The zero-order valence-corrected chi connectivity index (χ0v) is 10.2. The number of pyridine rings is 1. The molecule has 2 heterocycles. The van der Waals surface area contributed by atoms with Crippen molar-refractivity contribution in [3.63, 3.8) is 0 Å². The van der Waals surface area contributed by atoms with Crippen LogP contribution in [0.3, 0.4) is 0 Å². The third-order valence-electron chi connectivity index (χ3n) is 2.51. The summed E-state index contributed by atoms with van der Waals surface area (Å²) in [6, 6.07) is 3.38. The second-order valence-electron chi connectivity index (χ2n) is 3.86. The maximum absolute atomic E-state index is 11.8. The second kappa shape index (κ2) is 6.42. The maximum atomic E-state index is 11.8. The molecule has 1 fully saturated rings. The van der Waals surface area contributed by atoms with Crippen LogP contribution in [0.4, 0.5) is 5.69 Å². The van der Waals surface area contributed by atoms with E-state index in [9.17, 15) is 4.79 Å². The van der Waals surface area contributed by atoms with E-state index in [0.29, 0.717) is 18.0 Å². The molecule has 94 valence electrons. The van der Waals surface area contributed by atoms with Crippen LogP contribution in [0, 0.1) is 0 Å². The van der Waals surface area contributed by atoms with E-state index in [1.54, 1.807) is 12.1 Å². The zero-order valence-electron chi connectivity index (χ0n) is 9.39. The number of hydrogen-bond acceptors (Lipinski definition) is 4. The highest BCUT2D eigenvalue weighted by atomic mass is 35.5. The average molecular weight is 258 g/mol. The quantitative estimate of drug-likeness (QED) is 0.829. The minimum atomic E-state index is -0.171. The van der Waals surface area contributed by atoms with Crippen LogP contribution >= 0.6 is 12.4 Å². The summed E-state index contributed by atoms with van der Waals surface area (Å²) in [6.45, 7) is 1.37. The third kappa shape index (κ3) is 3.87. The molecule has 17 heavy (non-hydrogen) atoms. The molecular formula is C11H16ClN3O2. The van der Waals surface area contributed by atoms with Crippen molar-refractivity contribution < 1.29 is 9.53 Å². The number of halogens is 1. The molecule has 1 aromatic rings. The summed E-state index contributed by atoms with van der Waals surface area (Å²) in [5.41, 5.74) is 6.44. The molecule has 0 radical (unpaired) electrons. The Labute approximate surface area is 106 Å². The highest BCUT2D eigenvalue weighted by Crippen LogP contribution is 2.07. The van der Waals surface area contributed by atoms with E-state index >= 15 is 0 Å². The molecule has 0 aromatic carbocycles. The minimum Gasteiger partial charge on any atom is -0.397 e. The lowest BCUT2D eigenvalue weighted by Crippen LogP contribution is -2.40. The molecule has 1 aliphatic heterocycles. The Morgan fingerprint density at radius 2 is 2.35 bits per heavy atom. The number of aromatic nitrogens is 1. The van der Waals surface area contributed by atoms with Gasteiger partial charge >= 0.3 is 0 Å². The number of nitrogens with zero attached hydrogens (tertiary/aromatic N) is 1. The number of hydrogen-bond donors (Lipinski definition) is 2. The van der Waals surface area contributed by atoms with Crippen molar-refractivity contribution in [1.82, 2.24) is 10.3 Å². The third-order valence-corrected chi connectivity index (χ3v) is 2.51. The van der Waals surface area contributed by atoms with Crippen LogP contribution in [0.25, 0.3) is 0 Å². The first-order valence-corrected chi connectivity index (χ1v) is 5.36. The fraction of sp³-hybridized carbons (Fsp3) is 0.455. The van der Waals surface area contributed by atoms with Gasteiger partial charge in [-0.15, -0.1) is 12.4 Å². The molecule has 1 saturated heterocycles. The van der Waals surface area contributed by atoms with E-state index in [4.69, 9.17) is 10.5 Å². The number of amides is 1. The number of carbonyl (C=O) groups excluding carboxylic acids is 1. The number of carbonyl (C=O) groups is 1. The molecule has 0 saturated carbocycles. The van der Waals surface area contributed by atoms with E-state index in [2.05, 4.69) is 10.3 Å². The number of nitrogens with one attached hydrogen (secondary N) is 1. The van der Waals surface area contributed by atoms with Gasteiger partial charge in [0.15, 0.2) is 0 Å². The number of rotatable bonds is 2. The van der Waals surface area contributed by atoms with Gasteiger partial charge in [-0.05, 0) is 25.0 Å². The standard InChI is InChI=1S/C11H15N3O2.ClH/c12-8-3-4-10(13-6-8)11(15)14-9-2-1-5-16-7-9;/h3-4,6,9H,1-2,5,7,12H2,(H,14,15);1H. The van der Waals surface area contributed by atoms with Crippen LogP contribution in [0.1, 0.15) is 23.3 Å². The Kier molecular flexibility index (Phi) is 5.18. The van der Waals surface area contributed by atoms with Gasteiger partial charge in [0.25, 0.3) is 5.91 Å². The van der Waals surface area contributed by atoms with Crippen LogP contribution < -0.4 is 11.1 Å². The molecule has 1 aromatic heterocycles. The summed E-state index contributed by atoms with van der Waals surface area (Å²) in [6.07, 6.45) is 3.42. The molecule has 6 heteroatoms.